The molecule has 1 atom stereocenters. The number of thioether (sulfide) groups is 2. The molecule has 6 nitrogen and oxygen atoms in total. The standard InChI is InChI=1S/C12H14NO5PS2/c1-17-19(16,18-2)11-8-20-12(21-11)7-9-3-5-10(6-4-9)13(14)15/h3-7,11H,8H2,1-2H3. The lowest BCUT2D eigenvalue weighted by atomic mass is 10.2. The Hall–Kier alpha value is -0.790. The molecule has 0 radical (unpaired) electrons. The van der Waals surface area contributed by atoms with Crippen LogP contribution in [0.15, 0.2) is 28.5 Å². The van der Waals surface area contributed by atoms with Crippen LogP contribution in [0, 0.1) is 10.1 Å². The smallest absolute Gasteiger partial charge is 0.311 e. The predicted octanol–water partition coefficient (Wildman–Crippen LogP) is 4.19. The van der Waals surface area contributed by atoms with Crippen LogP contribution in [0.1, 0.15) is 5.56 Å². The molecule has 0 aromatic heterocycles. The summed E-state index contributed by atoms with van der Waals surface area (Å²) < 4.78 is 23.3. The van der Waals surface area contributed by atoms with Crippen molar-refractivity contribution in [3.8, 4) is 0 Å². The fraction of sp³-hybridized carbons (Fsp3) is 0.333. The molecule has 0 saturated carbocycles. The first-order valence-electron chi connectivity index (χ1n) is 5.95. The second kappa shape index (κ2) is 6.98. The van der Waals surface area contributed by atoms with Gasteiger partial charge in [0.1, 0.15) is 4.99 Å². The van der Waals surface area contributed by atoms with Gasteiger partial charge in [-0.1, -0.05) is 0 Å². The van der Waals surface area contributed by atoms with Crippen molar-refractivity contribution in [1.29, 1.82) is 0 Å². The van der Waals surface area contributed by atoms with Gasteiger partial charge in [0.25, 0.3) is 5.69 Å². The SMILES string of the molecule is COP(=O)(OC)C1CSC(=Cc2ccc([N+](=O)[O-])cc2)S1. The van der Waals surface area contributed by atoms with Crippen molar-refractivity contribution in [3.05, 3.63) is 44.2 Å². The van der Waals surface area contributed by atoms with Gasteiger partial charge >= 0.3 is 7.60 Å². The third-order valence-electron chi connectivity index (χ3n) is 2.87. The number of nitro groups is 1. The molecule has 1 aliphatic heterocycles. The molecule has 9 heteroatoms. The minimum Gasteiger partial charge on any atom is -0.311 e. The van der Waals surface area contributed by atoms with Crippen LogP contribution >= 0.6 is 31.1 Å². The maximum atomic E-state index is 12.3. The van der Waals surface area contributed by atoms with Gasteiger partial charge in [-0.25, -0.2) is 0 Å². The molecule has 0 amide bonds. The zero-order chi connectivity index (χ0) is 15.5. The fourth-order valence-electron chi connectivity index (χ4n) is 1.73. The van der Waals surface area contributed by atoms with Crippen molar-refractivity contribution >= 4 is 42.9 Å². The lowest BCUT2D eigenvalue weighted by Gasteiger charge is -2.18. The Balaban J connectivity index is 2.10. The van der Waals surface area contributed by atoms with E-state index < -0.39 is 12.5 Å². The Morgan fingerprint density at radius 2 is 1.95 bits per heavy atom. The molecule has 0 aliphatic carbocycles. The molecule has 1 saturated heterocycles. The van der Waals surface area contributed by atoms with Gasteiger partial charge in [0.2, 0.25) is 0 Å². The van der Waals surface area contributed by atoms with Gasteiger partial charge in [-0.05, 0) is 23.8 Å². The molecule has 1 aromatic rings. The number of benzene rings is 1. The van der Waals surface area contributed by atoms with Gasteiger partial charge in [-0.3, -0.25) is 14.7 Å². The molecule has 0 spiro atoms. The average Bonchev–Trinajstić information content (AvgIpc) is 2.96. The maximum absolute atomic E-state index is 12.3. The lowest BCUT2D eigenvalue weighted by molar-refractivity contribution is -0.384. The highest BCUT2D eigenvalue weighted by molar-refractivity contribution is 8.28. The average molecular weight is 347 g/mol. The third-order valence-corrected chi connectivity index (χ3v) is 8.66. The quantitative estimate of drug-likeness (QED) is 0.449. The summed E-state index contributed by atoms with van der Waals surface area (Å²) in [5.74, 6) is 0.641. The summed E-state index contributed by atoms with van der Waals surface area (Å²) in [6.45, 7) is 0. The number of non-ortho nitro benzene ring substituents is 1. The topological polar surface area (TPSA) is 78.7 Å². The number of hydrogen-bond donors (Lipinski definition) is 0. The summed E-state index contributed by atoms with van der Waals surface area (Å²) >= 11 is 3.02. The fourth-order valence-corrected chi connectivity index (χ4v) is 7.19. The van der Waals surface area contributed by atoms with Crippen molar-refractivity contribution in [3.63, 3.8) is 0 Å². The molecule has 2 rings (SSSR count). The first kappa shape index (κ1) is 16.6. The van der Waals surface area contributed by atoms with E-state index in [0.29, 0.717) is 5.75 Å². The first-order valence-corrected chi connectivity index (χ1v) is 9.43. The summed E-state index contributed by atoms with van der Waals surface area (Å²) in [6.07, 6.45) is 1.91. The highest BCUT2D eigenvalue weighted by atomic mass is 32.2. The van der Waals surface area contributed by atoms with Crippen LogP contribution in [-0.4, -0.2) is 29.9 Å². The number of nitro benzene ring substituents is 1. The summed E-state index contributed by atoms with van der Waals surface area (Å²) in [5.41, 5.74) is 0.922. The molecule has 1 aromatic carbocycles. The zero-order valence-electron chi connectivity index (χ0n) is 11.4. The Labute approximate surface area is 131 Å². The summed E-state index contributed by atoms with van der Waals surface area (Å²) in [6, 6.07) is 6.30. The van der Waals surface area contributed by atoms with E-state index in [0.717, 1.165) is 9.80 Å². The van der Waals surface area contributed by atoms with Gasteiger partial charge in [0.05, 0.1) is 4.92 Å². The van der Waals surface area contributed by atoms with Gasteiger partial charge in [0.15, 0.2) is 0 Å². The minimum absolute atomic E-state index is 0.0602. The number of hydrogen-bond acceptors (Lipinski definition) is 7. The zero-order valence-corrected chi connectivity index (χ0v) is 14.0. The predicted molar refractivity (Wildman–Crippen MR) is 86.5 cm³/mol. The van der Waals surface area contributed by atoms with Crippen LogP contribution in [0.2, 0.25) is 0 Å². The molecule has 1 unspecified atom stereocenters. The minimum atomic E-state index is -3.08. The normalized spacial score (nSPS) is 20.9. The Morgan fingerprint density at radius 3 is 2.48 bits per heavy atom. The molecule has 1 heterocycles. The highest BCUT2D eigenvalue weighted by Crippen LogP contribution is 2.63. The largest absolute Gasteiger partial charge is 0.344 e. The van der Waals surface area contributed by atoms with Crippen LogP contribution < -0.4 is 0 Å². The van der Waals surface area contributed by atoms with Crippen LogP contribution in [0.5, 0.6) is 0 Å². The molecular formula is C12H14NO5PS2. The second-order valence-corrected chi connectivity index (χ2v) is 9.45. The molecule has 1 aliphatic rings. The van der Waals surface area contributed by atoms with Crippen LogP contribution in [0.25, 0.3) is 6.08 Å². The van der Waals surface area contributed by atoms with E-state index in [4.69, 9.17) is 9.05 Å². The summed E-state index contributed by atoms with van der Waals surface area (Å²) in [4.78, 5) is 9.93. The Kier molecular flexibility index (Phi) is 5.51. The van der Waals surface area contributed by atoms with Crippen molar-refractivity contribution < 1.29 is 18.5 Å². The monoisotopic (exact) mass is 347 g/mol. The van der Waals surface area contributed by atoms with Crippen LogP contribution in [0.3, 0.4) is 0 Å². The molecule has 0 N–H and O–H groups in total. The maximum Gasteiger partial charge on any atom is 0.344 e. The second-order valence-electron chi connectivity index (χ2n) is 4.10. The third kappa shape index (κ3) is 3.90. The van der Waals surface area contributed by atoms with E-state index in [1.54, 1.807) is 23.9 Å². The number of rotatable bonds is 5. The van der Waals surface area contributed by atoms with Crippen LogP contribution in [0.4, 0.5) is 5.69 Å². The van der Waals surface area contributed by atoms with E-state index >= 15 is 0 Å². The van der Waals surface area contributed by atoms with Crippen molar-refractivity contribution in [1.82, 2.24) is 0 Å². The van der Waals surface area contributed by atoms with Crippen molar-refractivity contribution in [2.24, 2.45) is 0 Å². The van der Waals surface area contributed by atoms with E-state index in [1.807, 2.05) is 6.08 Å². The van der Waals surface area contributed by atoms with E-state index in [-0.39, 0.29) is 10.7 Å². The van der Waals surface area contributed by atoms with E-state index in [1.165, 1.54) is 38.1 Å². The molecule has 21 heavy (non-hydrogen) atoms. The molecule has 0 bridgehead atoms. The summed E-state index contributed by atoms with van der Waals surface area (Å²) in [7, 11) is -0.315. The Morgan fingerprint density at radius 1 is 1.33 bits per heavy atom. The molecule has 1 fully saturated rings. The van der Waals surface area contributed by atoms with Crippen LogP contribution in [-0.2, 0) is 13.6 Å². The number of nitrogens with zero attached hydrogens (tertiary/aromatic N) is 1. The molecule has 114 valence electrons. The van der Waals surface area contributed by atoms with Gasteiger partial charge in [0, 0.05) is 36.3 Å². The highest BCUT2D eigenvalue weighted by Gasteiger charge is 2.39. The Bertz CT molecular complexity index is 596. The van der Waals surface area contributed by atoms with Gasteiger partial charge in [-0.2, -0.15) is 0 Å². The first-order chi connectivity index (χ1) is 9.98. The van der Waals surface area contributed by atoms with Gasteiger partial charge < -0.3 is 9.05 Å². The summed E-state index contributed by atoms with van der Waals surface area (Å²) in [5, 5.41) is 10.6. The lowest BCUT2D eigenvalue weighted by Crippen LogP contribution is -2.05. The van der Waals surface area contributed by atoms with Crippen molar-refractivity contribution in [2.45, 2.75) is 4.99 Å². The van der Waals surface area contributed by atoms with Gasteiger partial charge in [-0.15, -0.1) is 23.5 Å². The van der Waals surface area contributed by atoms with E-state index in [9.17, 15) is 14.7 Å². The van der Waals surface area contributed by atoms with Crippen molar-refractivity contribution in [2.75, 3.05) is 20.0 Å². The molecular weight excluding hydrogens is 333 g/mol. The van der Waals surface area contributed by atoms with E-state index in [2.05, 4.69) is 0 Å².